The predicted molar refractivity (Wildman–Crippen MR) is 61.5 cm³/mol. The van der Waals surface area contributed by atoms with Gasteiger partial charge in [-0.3, -0.25) is 4.79 Å². The molecule has 0 radical (unpaired) electrons. The summed E-state index contributed by atoms with van der Waals surface area (Å²) >= 11 is 9.16. The summed E-state index contributed by atoms with van der Waals surface area (Å²) in [5.41, 5.74) is 5.87. The Kier molecular flexibility index (Phi) is 4.22. The van der Waals surface area contributed by atoms with Crippen LogP contribution in [0.1, 0.15) is 6.42 Å². The molecule has 0 bridgehead atoms. The van der Waals surface area contributed by atoms with Crippen molar-refractivity contribution in [3.8, 4) is 0 Å². The molecule has 0 aliphatic heterocycles. The van der Waals surface area contributed by atoms with Crippen molar-refractivity contribution in [1.29, 1.82) is 0 Å². The van der Waals surface area contributed by atoms with Gasteiger partial charge >= 0.3 is 0 Å². The van der Waals surface area contributed by atoms with Gasteiger partial charge in [0.1, 0.15) is 0 Å². The third kappa shape index (κ3) is 3.55. The minimum absolute atomic E-state index is 0.313. The molecule has 3 N–H and O–H groups in total. The Morgan fingerprint density at radius 3 is 2.86 bits per heavy atom. The van der Waals surface area contributed by atoms with E-state index in [1.54, 1.807) is 6.07 Å². The quantitative estimate of drug-likeness (QED) is 0.888. The van der Waals surface area contributed by atoms with Crippen molar-refractivity contribution >= 4 is 39.1 Å². The van der Waals surface area contributed by atoms with Crippen LogP contribution in [0.2, 0.25) is 5.02 Å². The summed E-state index contributed by atoms with van der Waals surface area (Å²) < 4.78 is 0.847. The van der Waals surface area contributed by atoms with Gasteiger partial charge in [0.15, 0.2) is 0 Å². The number of halogens is 2. The largest absolute Gasteiger partial charge is 0.384 e. The molecule has 0 saturated carbocycles. The monoisotopic (exact) mass is 276 g/mol. The van der Waals surface area contributed by atoms with E-state index in [1.165, 1.54) is 0 Å². The summed E-state index contributed by atoms with van der Waals surface area (Å²) in [7, 11) is 0. The maximum atomic E-state index is 10.5. The second-order valence-electron chi connectivity index (χ2n) is 2.77. The highest BCUT2D eigenvalue weighted by Crippen LogP contribution is 2.25. The molecule has 3 nitrogen and oxygen atoms in total. The van der Waals surface area contributed by atoms with Gasteiger partial charge < -0.3 is 11.1 Å². The number of anilines is 1. The molecule has 1 aromatic rings. The minimum Gasteiger partial charge on any atom is -0.384 e. The van der Waals surface area contributed by atoms with E-state index in [-0.39, 0.29) is 5.91 Å². The van der Waals surface area contributed by atoms with Gasteiger partial charge in [-0.15, -0.1) is 0 Å². The van der Waals surface area contributed by atoms with Crippen LogP contribution in [-0.4, -0.2) is 12.5 Å². The van der Waals surface area contributed by atoms with E-state index in [2.05, 4.69) is 21.2 Å². The number of hydrogen-bond donors (Lipinski definition) is 2. The number of carbonyl (C=O) groups is 1. The summed E-state index contributed by atoms with van der Waals surface area (Å²) in [6.07, 6.45) is 0.313. The third-order valence-corrected chi connectivity index (χ3v) is 2.85. The summed E-state index contributed by atoms with van der Waals surface area (Å²) in [4.78, 5) is 10.5. The van der Waals surface area contributed by atoms with Gasteiger partial charge in [-0.2, -0.15) is 0 Å². The average Bonchev–Trinajstić information content (AvgIpc) is 2.10. The molecule has 0 spiro atoms. The van der Waals surface area contributed by atoms with Crippen LogP contribution in [0.4, 0.5) is 5.69 Å². The SMILES string of the molecule is NC(=O)CCNc1ccc(Br)c(Cl)c1. The molecule has 1 amide bonds. The molecule has 0 heterocycles. The van der Waals surface area contributed by atoms with Crippen molar-refractivity contribution in [2.24, 2.45) is 5.73 Å². The number of hydrogen-bond acceptors (Lipinski definition) is 2. The van der Waals surface area contributed by atoms with Gasteiger partial charge in [0.05, 0.1) is 5.02 Å². The molecule has 0 saturated heterocycles. The molecule has 14 heavy (non-hydrogen) atoms. The van der Waals surface area contributed by atoms with E-state index in [1.807, 2.05) is 12.1 Å². The van der Waals surface area contributed by atoms with Gasteiger partial charge in [0.2, 0.25) is 5.91 Å². The fourth-order valence-electron chi connectivity index (χ4n) is 0.936. The smallest absolute Gasteiger partial charge is 0.219 e. The zero-order valence-electron chi connectivity index (χ0n) is 7.39. The topological polar surface area (TPSA) is 55.1 Å². The van der Waals surface area contributed by atoms with E-state index in [9.17, 15) is 4.79 Å². The molecule has 0 aromatic heterocycles. The number of amides is 1. The normalized spacial score (nSPS) is 9.86. The van der Waals surface area contributed by atoms with E-state index in [4.69, 9.17) is 17.3 Å². The Morgan fingerprint density at radius 1 is 1.57 bits per heavy atom. The number of primary amides is 1. The van der Waals surface area contributed by atoms with Gasteiger partial charge in [0, 0.05) is 23.1 Å². The third-order valence-electron chi connectivity index (χ3n) is 1.62. The molecular formula is C9H10BrClN2O. The average molecular weight is 278 g/mol. The molecule has 0 unspecified atom stereocenters. The van der Waals surface area contributed by atoms with Crippen LogP contribution >= 0.6 is 27.5 Å². The van der Waals surface area contributed by atoms with Crippen LogP contribution in [0.15, 0.2) is 22.7 Å². The minimum atomic E-state index is -0.319. The van der Waals surface area contributed by atoms with Gasteiger partial charge in [-0.1, -0.05) is 11.6 Å². The first kappa shape index (κ1) is 11.3. The second-order valence-corrected chi connectivity index (χ2v) is 4.03. The standard InChI is InChI=1S/C9H10BrClN2O/c10-7-2-1-6(5-8(7)11)13-4-3-9(12)14/h1-2,5,13H,3-4H2,(H2,12,14). The molecule has 0 fully saturated rings. The van der Waals surface area contributed by atoms with Crippen molar-refractivity contribution in [2.75, 3.05) is 11.9 Å². The van der Waals surface area contributed by atoms with Gasteiger partial charge in [0.25, 0.3) is 0 Å². The Balaban J connectivity index is 2.51. The highest BCUT2D eigenvalue weighted by atomic mass is 79.9. The highest BCUT2D eigenvalue weighted by Gasteiger charge is 1.99. The summed E-state index contributed by atoms with van der Waals surface area (Å²) in [5.74, 6) is -0.319. The molecule has 0 aliphatic carbocycles. The molecule has 0 atom stereocenters. The van der Waals surface area contributed by atoms with E-state index >= 15 is 0 Å². The molecule has 1 rings (SSSR count). The number of benzene rings is 1. The first-order chi connectivity index (χ1) is 6.59. The van der Waals surface area contributed by atoms with Crippen LogP contribution in [0.25, 0.3) is 0 Å². The lowest BCUT2D eigenvalue weighted by atomic mass is 10.3. The van der Waals surface area contributed by atoms with Crippen LogP contribution in [0.5, 0.6) is 0 Å². The molecule has 1 aromatic carbocycles. The molecule has 76 valence electrons. The number of nitrogens with two attached hydrogens (primary N) is 1. The van der Waals surface area contributed by atoms with Crippen LogP contribution < -0.4 is 11.1 Å². The molecule has 5 heteroatoms. The molecular weight excluding hydrogens is 267 g/mol. The first-order valence-corrected chi connectivity index (χ1v) is 5.24. The van der Waals surface area contributed by atoms with Gasteiger partial charge in [-0.05, 0) is 34.1 Å². The maximum Gasteiger partial charge on any atom is 0.219 e. The Bertz CT molecular complexity index is 344. The number of rotatable bonds is 4. The Hall–Kier alpha value is -0.740. The Morgan fingerprint density at radius 2 is 2.29 bits per heavy atom. The lowest BCUT2D eigenvalue weighted by Gasteiger charge is -2.05. The zero-order valence-corrected chi connectivity index (χ0v) is 9.73. The van der Waals surface area contributed by atoms with Crippen LogP contribution in [-0.2, 0) is 4.79 Å². The van der Waals surface area contributed by atoms with E-state index < -0.39 is 0 Å². The van der Waals surface area contributed by atoms with Crippen molar-refractivity contribution in [1.82, 2.24) is 0 Å². The Labute approximate surface area is 95.7 Å². The number of nitrogens with one attached hydrogen (secondary N) is 1. The maximum absolute atomic E-state index is 10.5. The lowest BCUT2D eigenvalue weighted by Crippen LogP contribution is -2.15. The fraction of sp³-hybridized carbons (Fsp3) is 0.222. The molecule has 0 aliphatic rings. The number of carbonyl (C=O) groups excluding carboxylic acids is 1. The zero-order chi connectivity index (χ0) is 10.6. The second kappa shape index (κ2) is 5.22. The summed E-state index contributed by atoms with van der Waals surface area (Å²) in [5, 5.41) is 3.67. The van der Waals surface area contributed by atoms with Crippen LogP contribution in [0, 0.1) is 0 Å². The lowest BCUT2D eigenvalue weighted by molar-refractivity contribution is -0.117. The summed E-state index contributed by atoms with van der Waals surface area (Å²) in [6.45, 7) is 0.521. The van der Waals surface area contributed by atoms with E-state index in [0.717, 1.165) is 10.2 Å². The van der Waals surface area contributed by atoms with Crippen molar-refractivity contribution in [3.05, 3.63) is 27.7 Å². The van der Waals surface area contributed by atoms with Crippen LogP contribution in [0.3, 0.4) is 0 Å². The predicted octanol–water partition coefficient (Wildman–Crippen LogP) is 2.39. The van der Waals surface area contributed by atoms with Crippen molar-refractivity contribution < 1.29 is 4.79 Å². The highest BCUT2D eigenvalue weighted by molar-refractivity contribution is 9.10. The van der Waals surface area contributed by atoms with Gasteiger partial charge in [-0.25, -0.2) is 0 Å². The van der Waals surface area contributed by atoms with Crippen molar-refractivity contribution in [3.63, 3.8) is 0 Å². The fourth-order valence-corrected chi connectivity index (χ4v) is 1.36. The van der Waals surface area contributed by atoms with E-state index in [0.29, 0.717) is 18.0 Å². The van der Waals surface area contributed by atoms with Crippen molar-refractivity contribution in [2.45, 2.75) is 6.42 Å². The summed E-state index contributed by atoms with van der Waals surface area (Å²) in [6, 6.07) is 5.50. The first-order valence-electron chi connectivity index (χ1n) is 4.07.